The summed E-state index contributed by atoms with van der Waals surface area (Å²) >= 11 is 0. The van der Waals surface area contributed by atoms with Gasteiger partial charge in [0.05, 0.1) is 0 Å². The average Bonchev–Trinajstić information content (AvgIpc) is 2.69. The highest BCUT2D eigenvalue weighted by atomic mass is 16.2. The van der Waals surface area contributed by atoms with E-state index in [0.29, 0.717) is 11.5 Å². The first-order valence-corrected chi connectivity index (χ1v) is 12.7. The molecule has 0 aromatic heterocycles. The van der Waals surface area contributed by atoms with Crippen LogP contribution >= 0.6 is 0 Å². The van der Waals surface area contributed by atoms with E-state index in [1.807, 2.05) is 0 Å². The van der Waals surface area contributed by atoms with Crippen LogP contribution in [0.5, 0.6) is 0 Å². The van der Waals surface area contributed by atoms with Gasteiger partial charge in [-0.1, -0.05) is 91.8 Å². The van der Waals surface area contributed by atoms with Gasteiger partial charge in [-0.15, -0.1) is 0 Å². The van der Waals surface area contributed by atoms with Crippen LogP contribution < -0.4 is 10.6 Å². The Labute approximate surface area is 192 Å². The Balaban J connectivity index is 1.84. The standard InChI is InChI=1S/C28H48N2O/c1-8-9-10-11-12-20-28(6,7)22-16-18-23(19-17-22)29-26(31)30-25-21(2)14-13-15-24(25)27(3,4)5/h13-15,22-23H,8-12,16-20H2,1-7H3,(H2,29,30,31). The second-order valence-electron chi connectivity index (χ2n) is 11.5. The van der Waals surface area contributed by atoms with Crippen molar-refractivity contribution < 1.29 is 4.79 Å². The highest BCUT2D eigenvalue weighted by Crippen LogP contribution is 2.42. The SMILES string of the molecule is CCCCCCCC(C)(C)C1CCC(NC(=O)Nc2c(C)cccc2C(C)(C)C)CC1. The van der Waals surface area contributed by atoms with E-state index in [0.717, 1.165) is 30.0 Å². The fraction of sp³-hybridized carbons (Fsp3) is 0.750. The summed E-state index contributed by atoms with van der Waals surface area (Å²) in [6.07, 6.45) is 12.8. The minimum atomic E-state index is -0.0570. The molecule has 1 saturated carbocycles. The van der Waals surface area contributed by atoms with E-state index in [-0.39, 0.29) is 11.4 Å². The van der Waals surface area contributed by atoms with E-state index in [2.05, 4.69) is 77.3 Å². The van der Waals surface area contributed by atoms with Gasteiger partial charge in [0, 0.05) is 11.7 Å². The van der Waals surface area contributed by atoms with Gasteiger partial charge in [0.15, 0.2) is 0 Å². The lowest BCUT2D eigenvalue weighted by molar-refractivity contribution is 0.129. The number of carbonyl (C=O) groups is 1. The van der Waals surface area contributed by atoms with Crippen molar-refractivity contribution in [2.75, 3.05) is 5.32 Å². The predicted octanol–water partition coefficient (Wildman–Crippen LogP) is 8.36. The summed E-state index contributed by atoms with van der Waals surface area (Å²) < 4.78 is 0. The van der Waals surface area contributed by atoms with E-state index in [1.54, 1.807) is 0 Å². The maximum Gasteiger partial charge on any atom is 0.319 e. The van der Waals surface area contributed by atoms with Crippen molar-refractivity contribution in [1.82, 2.24) is 5.32 Å². The molecule has 0 unspecified atom stereocenters. The molecule has 176 valence electrons. The molecule has 0 spiro atoms. The molecule has 1 fully saturated rings. The third-order valence-electron chi connectivity index (χ3n) is 7.41. The van der Waals surface area contributed by atoms with Gasteiger partial charge in [-0.25, -0.2) is 4.79 Å². The topological polar surface area (TPSA) is 41.1 Å². The fourth-order valence-corrected chi connectivity index (χ4v) is 5.20. The van der Waals surface area contributed by atoms with Gasteiger partial charge < -0.3 is 10.6 Å². The monoisotopic (exact) mass is 428 g/mol. The molecule has 1 aromatic rings. The Morgan fingerprint density at radius 2 is 1.61 bits per heavy atom. The molecule has 0 heterocycles. The third-order valence-corrected chi connectivity index (χ3v) is 7.41. The van der Waals surface area contributed by atoms with Gasteiger partial charge in [0.1, 0.15) is 0 Å². The van der Waals surface area contributed by atoms with Gasteiger partial charge >= 0.3 is 6.03 Å². The molecule has 2 N–H and O–H groups in total. The van der Waals surface area contributed by atoms with Gasteiger partial charge in [0.25, 0.3) is 0 Å². The number of aryl methyl sites for hydroxylation is 1. The Hall–Kier alpha value is -1.51. The van der Waals surface area contributed by atoms with Crippen LogP contribution in [0.3, 0.4) is 0 Å². The Kier molecular flexibility index (Phi) is 9.45. The summed E-state index contributed by atoms with van der Waals surface area (Å²) in [6, 6.07) is 6.50. The largest absolute Gasteiger partial charge is 0.335 e. The molecule has 0 bridgehead atoms. The summed E-state index contributed by atoms with van der Waals surface area (Å²) in [5.41, 5.74) is 3.68. The highest BCUT2D eigenvalue weighted by Gasteiger charge is 2.33. The first kappa shape index (κ1) is 25.7. The number of anilines is 1. The number of nitrogens with one attached hydrogen (secondary N) is 2. The lowest BCUT2D eigenvalue weighted by atomic mass is 9.68. The number of rotatable bonds is 9. The van der Waals surface area contributed by atoms with E-state index < -0.39 is 0 Å². The normalized spacial score (nSPS) is 19.8. The van der Waals surface area contributed by atoms with Crippen molar-refractivity contribution in [3.8, 4) is 0 Å². The summed E-state index contributed by atoms with van der Waals surface area (Å²) in [6.45, 7) is 15.9. The van der Waals surface area contributed by atoms with Crippen molar-refractivity contribution in [1.29, 1.82) is 0 Å². The quantitative estimate of drug-likeness (QED) is 0.381. The highest BCUT2D eigenvalue weighted by molar-refractivity contribution is 5.91. The van der Waals surface area contributed by atoms with Gasteiger partial charge in [-0.05, 0) is 66.9 Å². The number of unbranched alkanes of at least 4 members (excludes halogenated alkanes) is 4. The van der Waals surface area contributed by atoms with Crippen molar-refractivity contribution in [3.05, 3.63) is 29.3 Å². The van der Waals surface area contributed by atoms with Crippen LogP contribution in [0.4, 0.5) is 10.5 Å². The Bertz CT molecular complexity index is 693. The summed E-state index contributed by atoms with van der Waals surface area (Å²) in [5, 5.41) is 6.43. The van der Waals surface area contributed by atoms with Crippen LogP contribution in [-0.4, -0.2) is 12.1 Å². The van der Waals surface area contributed by atoms with Crippen LogP contribution in [0, 0.1) is 18.3 Å². The first-order chi connectivity index (χ1) is 14.5. The van der Waals surface area contributed by atoms with E-state index in [9.17, 15) is 4.79 Å². The zero-order valence-corrected chi connectivity index (χ0v) is 21.4. The molecule has 1 aliphatic carbocycles. The molecule has 3 nitrogen and oxygen atoms in total. The summed E-state index contributed by atoms with van der Waals surface area (Å²) in [7, 11) is 0. The second-order valence-corrected chi connectivity index (χ2v) is 11.5. The number of urea groups is 1. The van der Waals surface area contributed by atoms with Gasteiger partial charge in [-0.3, -0.25) is 0 Å². The second kappa shape index (κ2) is 11.4. The zero-order valence-electron chi connectivity index (χ0n) is 21.4. The number of para-hydroxylation sites is 1. The van der Waals surface area contributed by atoms with Crippen LogP contribution in [0.15, 0.2) is 18.2 Å². The van der Waals surface area contributed by atoms with Crippen LogP contribution in [0.2, 0.25) is 0 Å². The molecule has 0 aliphatic heterocycles. The molecular weight excluding hydrogens is 380 g/mol. The molecular formula is C28H48N2O. The van der Waals surface area contributed by atoms with Crippen molar-refractivity contribution in [3.63, 3.8) is 0 Å². The van der Waals surface area contributed by atoms with Crippen LogP contribution in [0.1, 0.15) is 117 Å². The molecule has 1 aliphatic rings. The van der Waals surface area contributed by atoms with E-state index in [1.165, 1.54) is 56.9 Å². The lowest BCUT2D eigenvalue weighted by Gasteiger charge is -2.39. The molecule has 0 radical (unpaired) electrons. The number of hydrogen-bond donors (Lipinski definition) is 2. The summed E-state index contributed by atoms with van der Waals surface area (Å²) in [5.74, 6) is 0.781. The maximum absolute atomic E-state index is 12.8. The number of benzene rings is 1. The fourth-order valence-electron chi connectivity index (χ4n) is 5.20. The Morgan fingerprint density at radius 1 is 0.968 bits per heavy atom. The van der Waals surface area contributed by atoms with E-state index in [4.69, 9.17) is 0 Å². The van der Waals surface area contributed by atoms with Crippen LogP contribution in [0.25, 0.3) is 0 Å². The van der Waals surface area contributed by atoms with Gasteiger partial charge in [-0.2, -0.15) is 0 Å². The molecule has 31 heavy (non-hydrogen) atoms. The van der Waals surface area contributed by atoms with Crippen LogP contribution in [-0.2, 0) is 5.41 Å². The van der Waals surface area contributed by atoms with Gasteiger partial charge in [0.2, 0.25) is 0 Å². The van der Waals surface area contributed by atoms with Crippen molar-refractivity contribution in [2.45, 2.75) is 124 Å². The zero-order chi connectivity index (χ0) is 23.1. The number of carbonyl (C=O) groups excluding carboxylic acids is 1. The molecule has 2 rings (SSSR count). The Morgan fingerprint density at radius 3 is 2.23 bits per heavy atom. The molecule has 0 saturated heterocycles. The van der Waals surface area contributed by atoms with Crippen molar-refractivity contribution in [2.24, 2.45) is 11.3 Å². The number of amides is 2. The van der Waals surface area contributed by atoms with E-state index >= 15 is 0 Å². The first-order valence-electron chi connectivity index (χ1n) is 12.7. The predicted molar refractivity (Wildman–Crippen MR) is 135 cm³/mol. The third kappa shape index (κ3) is 7.84. The average molecular weight is 429 g/mol. The maximum atomic E-state index is 12.8. The molecule has 1 aromatic carbocycles. The molecule has 0 atom stereocenters. The minimum Gasteiger partial charge on any atom is -0.335 e. The molecule has 2 amide bonds. The van der Waals surface area contributed by atoms with Crippen molar-refractivity contribution >= 4 is 11.7 Å². The number of hydrogen-bond acceptors (Lipinski definition) is 1. The minimum absolute atomic E-state index is 0.00514. The molecule has 3 heteroatoms. The smallest absolute Gasteiger partial charge is 0.319 e. The summed E-state index contributed by atoms with van der Waals surface area (Å²) in [4.78, 5) is 12.8. The lowest BCUT2D eigenvalue weighted by Crippen LogP contribution is -2.42.